The zero-order valence-electron chi connectivity index (χ0n) is 15.7. The number of nitrogens with zero attached hydrogens (tertiary/aromatic N) is 2. The first-order valence-corrected chi connectivity index (χ1v) is 9.16. The summed E-state index contributed by atoms with van der Waals surface area (Å²) < 4.78 is 1.74. The number of benzene rings is 2. The minimum Gasteiger partial charge on any atom is -0.361 e. The summed E-state index contributed by atoms with van der Waals surface area (Å²) in [5.41, 5.74) is 9.21. The number of amides is 2. The van der Waals surface area contributed by atoms with Gasteiger partial charge in [0.15, 0.2) is 0 Å². The van der Waals surface area contributed by atoms with Crippen molar-refractivity contribution >= 4 is 33.6 Å². The van der Waals surface area contributed by atoms with Gasteiger partial charge in [0.05, 0.1) is 22.6 Å². The molecule has 0 spiro atoms. The Kier molecular flexibility index (Phi) is 4.59. The Morgan fingerprint density at radius 3 is 2.52 bits per heavy atom. The van der Waals surface area contributed by atoms with E-state index < -0.39 is 11.8 Å². The highest BCUT2D eigenvalue weighted by molar-refractivity contribution is 6.34. The van der Waals surface area contributed by atoms with Crippen molar-refractivity contribution < 1.29 is 9.59 Å². The minimum atomic E-state index is -1.01. The van der Waals surface area contributed by atoms with Crippen LogP contribution in [-0.2, 0) is 22.7 Å². The maximum absolute atomic E-state index is 12.7. The lowest BCUT2D eigenvalue weighted by atomic mass is 10.0. The van der Waals surface area contributed by atoms with Crippen molar-refractivity contribution in [3.8, 4) is 11.1 Å². The SMILES string of the molecule is CCn1c(=O)c2cn[nH]c2c2ccc(-c3ccc(CNC(=O)C(N)=O)cc3)cc21. The van der Waals surface area contributed by atoms with E-state index in [9.17, 15) is 14.4 Å². The molecule has 4 aromatic rings. The van der Waals surface area contributed by atoms with Gasteiger partial charge in [0.2, 0.25) is 0 Å². The molecule has 2 aromatic carbocycles. The average Bonchev–Trinajstić information content (AvgIpc) is 3.23. The third kappa shape index (κ3) is 3.25. The molecule has 8 nitrogen and oxygen atoms in total. The number of rotatable bonds is 4. The molecule has 0 saturated heterocycles. The Morgan fingerprint density at radius 1 is 1.10 bits per heavy atom. The summed E-state index contributed by atoms with van der Waals surface area (Å²) in [7, 11) is 0. The third-order valence-electron chi connectivity index (χ3n) is 4.95. The molecule has 0 saturated carbocycles. The van der Waals surface area contributed by atoms with E-state index in [-0.39, 0.29) is 12.1 Å². The third-order valence-corrected chi connectivity index (χ3v) is 4.95. The van der Waals surface area contributed by atoms with Gasteiger partial charge in [0.1, 0.15) is 0 Å². The van der Waals surface area contributed by atoms with Crippen LogP contribution < -0.4 is 16.6 Å². The summed E-state index contributed by atoms with van der Waals surface area (Å²) in [6.07, 6.45) is 1.56. The minimum absolute atomic E-state index is 0.0681. The largest absolute Gasteiger partial charge is 0.361 e. The number of primary amides is 1. The number of nitrogens with two attached hydrogens (primary N) is 1. The van der Waals surface area contributed by atoms with Crippen LogP contribution in [-0.4, -0.2) is 26.6 Å². The van der Waals surface area contributed by atoms with Crippen LogP contribution in [0.15, 0.2) is 53.5 Å². The Labute approximate surface area is 165 Å². The van der Waals surface area contributed by atoms with Gasteiger partial charge in [-0.1, -0.05) is 36.4 Å². The molecule has 0 bridgehead atoms. The molecule has 4 N–H and O–H groups in total. The monoisotopic (exact) mass is 389 g/mol. The van der Waals surface area contributed by atoms with Crippen molar-refractivity contribution in [3.63, 3.8) is 0 Å². The molecule has 8 heteroatoms. The van der Waals surface area contributed by atoms with Crippen molar-refractivity contribution in [2.45, 2.75) is 20.0 Å². The maximum Gasteiger partial charge on any atom is 0.309 e. The summed E-state index contributed by atoms with van der Waals surface area (Å²) in [5.74, 6) is -1.82. The molecule has 2 amide bonds. The molecular formula is C21H19N5O3. The number of hydrogen-bond acceptors (Lipinski definition) is 4. The normalized spacial score (nSPS) is 11.1. The topological polar surface area (TPSA) is 123 Å². The van der Waals surface area contributed by atoms with Gasteiger partial charge in [0.25, 0.3) is 5.56 Å². The highest BCUT2D eigenvalue weighted by atomic mass is 16.2. The van der Waals surface area contributed by atoms with Crippen LogP contribution >= 0.6 is 0 Å². The molecule has 146 valence electrons. The Hall–Kier alpha value is -3.94. The number of H-pyrrole nitrogens is 1. The smallest absolute Gasteiger partial charge is 0.309 e. The fourth-order valence-corrected chi connectivity index (χ4v) is 3.45. The van der Waals surface area contributed by atoms with Crippen LogP contribution in [0.4, 0.5) is 0 Å². The number of hydrogen-bond donors (Lipinski definition) is 3. The Morgan fingerprint density at radius 2 is 1.83 bits per heavy atom. The van der Waals surface area contributed by atoms with Gasteiger partial charge in [0, 0.05) is 18.5 Å². The number of pyridine rings is 1. The standard InChI is InChI=1S/C21H19N5O3/c1-2-26-17-9-14(7-8-15(17)18-16(21(26)29)11-24-25-18)13-5-3-12(4-6-13)10-23-20(28)19(22)27/h3-9,11H,2,10H2,1H3,(H2,22,27)(H,23,28)(H,24,25). The molecule has 0 unspecified atom stereocenters. The second kappa shape index (κ2) is 7.23. The van der Waals surface area contributed by atoms with Gasteiger partial charge in [-0.25, -0.2) is 0 Å². The molecule has 0 aliphatic heterocycles. The fraction of sp³-hybridized carbons (Fsp3) is 0.143. The summed E-state index contributed by atoms with van der Waals surface area (Å²) in [4.78, 5) is 34.8. The van der Waals surface area contributed by atoms with E-state index >= 15 is 0 Å². The first kappa shape index (κ1) is 18.4. The second-order valence-corrected chi connectivity index (χ2v) is 6.68. The number of carbonyl (C=O) groups is 2. The highest BCUT2D eigenvalue weighted by Gasteiger charge is 2.13. The van der Waals surface area contributed by atoms with Crippen LogP contribution in [0.25, 0.3) is 32.9 Å². The maximum atomic E-state index is 12.7. The van der Waals surface area contributed by atoms with Gasteiger partial charge in [-0.15, -0.1) is 0 Å². The molecule has 4 rings (SSSR count). The van der Waals surface area contributed by atoms with Crippen molar-refractivity contribution in [1.29, 1.82) is 0 Å². The summed E-state index contributed by atoms with van der Waals surface area (Å²) in [6, 6.07) is 13.6. The first-order chi connectivity index (χ1) is 14.0. The van der Waals surface area contributed by atoms with E-state index in [2.05, 4.69) is 15.5 Å². The quantitative estimate of drug-likeness (QED) is 0.459. The lowest BCUT2D eigenvalue weighted by Gasteiger charge is -2.11. The van der Waals surface area contributed by atoms with Gasteiger partial charge < -0.3 is 15.6 Å². The van der Waals surface area contributed by atoms with Crippen LogP contribution in [0.2, 0.25) is 0 Å². The number of nitrogens with one attached hydrogen (secondary N) is 2. The highest BCUT2D eigenvalue weighted by Crippen LogP contribution is 2.27. The first-order valence-electron chi connectivity index (χ1n) is 9.16. The van der Waals surface area contributed by atoms with Crippen LogP contribution in [0.3, 0.4) is 0 Å². The van der Waals surface area contributed by atoms with E-state index in [4.69, 9.17) is 5.73 Å². The Balaban J connectivity index is 1.71. The molecule has 0 atom stereocenters. The van der Waals surface area contributed by atoms with E-state index in [1.807, 2.05) is 49.4 Å². The predicted molar refractivity (Wildman–Crippen MR) is 110 cm³/mol. The van der Waals surface area contributed by atoms with Crippen molar-refractivity contribution in [1.82, 2.24) is 20.1 Å². The zero-order chi connectivity index (χ0) is 20.5. The lowest BCUT2D eigenvalue weighted by Crippen LogP contribution is -2.35. The number of aromatic nitrogens is 3. The summed E-state index contributed by atoms with van der Waals surface area (Å²) in [5, 5.41) is 10.9. The molecule has 2 aromatic heterocycles. The lowest BCUT2D eigenvalue weighted by molar-refractivity contribution is -0.137. The molecular weight excluding hydrogens is 370 g/mol. The van der Waals surface area contributed by atoms with Gasteiger partial charge in [-0.3, -0.25) is 19.5 Å². The molecule has 2 heterocycles. The van der Waals surface area contributed by atoms with E-state index in [0.29, 0.717) is 11.9 Å². The van der Waals surface area contributed by atoms with Crippen LogP contribution in [0, 0.1) is 0 Å². The molecule has 0 fully saturated rings. The summed E-state index contributed by atoms with van der Waals surface area (Å²) in [6.45, 7) is 2.71. The van der Waals surface area contributed by atoms with Crippen molar-refractivity contribution in [2.24, 2.45) is 5.73 Å². The van der Waals surface area contributed by atoms with E-state index in [0.717, 1.165) is 33.1 Å². The average molecular weight is 389 g/mol. The van der Waals surface area contributed by atoms with E-state index in [1.54, 1.807) is 10.8 Å². The fourth-order valence-electron chi connectivity index (χ4n) is 3.45. The number of carbonyl (C=O) groups excluding carboxylic acids is 2. The molecule has 0 radical (unpaired) electrons. The number of aryl methyl sites for hydroxylation is 1. The van der Waals surface area contributed by atoms with Crippen molar-refractivity contribution in [3.05, 3.63) is 64.6 Å². The number of aromatic amines is 1. The van der Waals surface area contributed by atoms with Crippen LogP contribution in [0.1, 0.15) is 12.5 Å². The summed E-state index contributed by atoms with van der Waals surface area (Å²) >= 11 is 0. The molecule has 29 heavy (non-hydrogen) atoms. The van der Waals surface area contributed by atoms with Gasteiger partial charge >= 0.3 is 11.8 Å². The van der Waals surface area contributed by atoms with Gasteiger partial charge in [-0.05, 0) is 29.7 Å². The number of fused-ring (bicyclic) bond motifs is 3. The Bertz CT molecular complexity index is 1300. The zero-order valence-corrected chi connectivity index (χ0v) is 15.7. The van der Waals surface area contributed by atoms with Crippen molar-refractivity contribution in [2.75, 3.05) is 0 Å². The predicted octanol–water partition coefficient (Wildman–Crippen LogP) is 1.67. The molecule has 0 aliphatic rings. The second-order valence-electron chi connectivity index (χ2n) is 6.68. The van der Waals surface area contributed by atoms with Gasteiger partial charge in [-0.2, -0.15) is 5.10 Å². The van der Waals surface area contributed by atoms with Crippen LogP contribution in [0.5, 0.6) is 0 Å². The van der Waals surface area contributed by atoms with E-state index in [1.165, 1.54) is 0 Å². The molecule has 0 aliphatic carbocycles.